The second-order valence-corrected chi connectivity index (χ2v) is 6.52. The summed E-state index contributed by atoms with van der Waals surface area (Å²) in [6.45, 7) is 1.83. The molecule has 2 aromatic carbocycles. The number of hydrogen-bond acceptors (Lipinski definition) is 5. The van der Waals surface area contributed by atoms with Crippen LogP contribution in [0.2, 0.25) is 0 Å². The van der Waals surface area contributed by atoms with Crippen molar-refractivity contribution in [2.24, 2.45) is 5.73 Å². The number of benzene rings is 2. The number of nitrogens with zero attached hydrogens (tertiary/aromatic N) is 2. The maximum Gasteiger partial charge on any atom is 0.252 e. The molecule has 0 radical (unpaired) electrons. The maximum absolute atomic E-state index is 11.7. The normalized spacial score (nSPS) is 17.1. The van der Waals surface area contributed by atoms with Crippen molar-refractivity contribution in [3.05, 3.63) is 65.9 Å². The third kappa shape index (κ3) is 3.44. The summed E-state index contributed by atoms with van der Waals surface area (Å²) >= 11 is 0. The second kappa shape index (κ2) is 7.25. The number of carbonyl (C=O) groups excluding carboxylic acids is 1. The van der Waals surface area contributed by atoms with Crippen LogP contribution in [-0.2, 0) is 4.74 Å². The Morgan fingerprint density at radius 2 is 2.04 bits per heavy atom. The van der Waals surface area contributed by atoms with Crippen molar-refractivity contribution >= 4 is 22.5 Å². The average Bonchev–Trinajstić information content (AvgIpc) is 2.73. The minimum Gasteiger partial charge on any atom is -0.497 e. The number of primary amides is 1. The van der Waals surface area contributed by atoms with Crippen LogP contribution in [0.15, 0.2) is 54.7 Å². The molecular weight excluding hydrogens is 342 g/mol. The molecule has 0 saturated carbocycles. The Morgan fingerprint density at radius 1 is 1.22 bits per heavy atom. The van der Waals surface area contributed by atoms with Crippen LogP contribution in [0.5, 0.6) is 5.75 Å². The molecule has 4 rings (SSSR count). The van der Waals surface area contributed by atoms with Gasteiger partial charge in [0.1, 0.15) is 17.7 Å². The van der Waals surface area contributed by atoms with Crippen molar-refractivity contribution < 1.29 is 14.3 Å². The molecule has 0 bridgehead atoms. The smallest absolute Gasteiger partial charge is 0.252 e. The molecule has 6 heteroatoms. The lowest BCUT2D eigenvalue weighted by Crippen LogP contribution is -2.40. The highest BCUT2D eigenvalue weighted by atomic mass is 16.5. The number of methoxy groups -OCH3 is 1. The Balaban J connectivity index is 1.62. The van der Waals surface area contributed by atoms with Gasteiger partial charge in [0.05, 0.1) is 19.3 Å². The number of morpholine rings is 1. The van der Waals surface area contributed by atoms with E-state index >= 15 is 0 Å². The predicted octanol–water partition coefficient (Wildman–Crippen LogP) is 2.92. The summed E-state index contributed by atoms with van der Waals surface area (Å²) in [5, 5.41) is 2.25. The van der Waals surface area contributed by atoms with Gasteiger partial charge in [-0.1, -0.05) is 18.2 Å². The molecule has 1 aliphatic rings. The van der Waals surface area contributed by atoms with Crippen LogP contribution in [0.3, 0.4) is 0 Å². The number of pyridine rings is 1. The van der Waals surface area contributed by atoms with Crippen LogP contribution in [0.4, 0.5) is 5.82 Å². The van der Waals surface area contributed by atoms with Crippen LogP contribution in [0, 0.1) is 0 Å². The summed E-state index contributed by atoms with van der Waals surface area (Å²) in [7, 11) is 1.66. The van der Waals surface area contributed by atoms with Gasteiger partial charge in [-0.05, 0) is 46.7 Å². The van der Waals surface area contributed by atoms with Gasteiger partial charge in [0, 0.05) is 19.3 Å². The number of fused-ring (bicyclic) bond motifs is 1. The van der Waals surface area contributed by atoms with Crippen LogP contribution < -0.4 is 15.4 Å². The molecule has 138 valence electrons. The topological polar surface area (TPSA) is 77.7 Å². The third-order valence-corrected chi connectivity index (χ3v) is 4.86. The molecule has 0 aliphatic carbocycles. The molecule has 1 fully saturated rings. The van der Waals surface area contributed by atoms with Crippen LogP contribution in [0.25, 0.3) is 10.8 Å². The molecule has 6 nitrogen and oxygen atoms in total. The second-order valence-electron chi connectivity index (χ2n) is 6.52. The summed E-state index contributed by atoms with van der Waals surface area (Å²) in [4.78, 5) is 18.2. The number of amides is 1. The standard InChI is InChI=1S/C21H21N3O3/c1-26-17-7-6-14-11-16(5-4-15(14)12-17)19-13-24(9-10-27-19)21-18(20(22)25)3-2-8-23-21/h2-8,11-12,19H,9-10,13H2,1H3,(H2,22,25)/t19-/m0/s1. The zero-order valence-corrected chi connectivity index (χ0v) is 15.1. The molecule has 1 aliphatic heterocycles. The first kappa shape index (κ1) is 17.3. The van der Waals surface area contributed by atoms with E-state index in [4.69, 9.17) is 15.2 Å². The molecule has 3 aromatic rings. The van der Waals surface area contributed by atoms with Crippen molar-refractivity contribution in [2.45, 2.75) is 6.10 Å². The number of ether oxygens (including phenoxy) is 2. The molecule has 2 heterocycles. The van der Waals surface area contributed by atoms with Crippen molar-refractivity contribution in [3.8, 4) is 5.75 Å². The fourth-order valence-corrected chi connectivity index (χ4v) is 3.45. The lowest BCUT2D eigenvalue weighted by atomic mass is 10.0. The Labute approximate surface area is 157 Å². The fraction of sp³-hybridized carbons (Fsp3) is 0.238. The zero-order chi connectivity index (χ0) is 18.8. The van der Waals surface area contributed by atoms with E-state index in [2.05, 4.69) is 28.1 Å². The number of hydrogen-bond donors (Lipinski definition) is 1. The van der Waals surface area contributed by atoms with E-state index in [-0.39, 0.29) is 6.10 Å². The molecular formula is C21H21N3O3. The van der Waals surface area contributed by atoms with Gasteiger partial charge < -0.3 is 20.1 Å². The summed E-state index contributed by atoms with van der Waals surface area (Å²) in [5.41, 5.74) is 7.03. The van der Waals surface area contributed by atoms with Crippen LogP contribution in [0.1, 0.15) is 22.0 Å². The maximum atomic E-state index is 11.7. The summed E-state index contributed by atoms with van der Waals surface area (Å²) < 4.78 is 11.3. The molecule has 27 heavy (non-hydrogen) atoms. The van der Waals surface area contributed by atoms with E-state index in [9.17, 15) is 4.79 Å². The fourth-order valence-electron chi connectivity index (χ4n) is 3.45. The Morgan fingerprint density at radius 3 is 2.85 bits per heavy atom. The quantitative estimate of drug-likeness (QED) is 0.771. The Kier molecular flexibility index (Phi) is 4.64. The van der Waals surface area contributed by atoms with Crippen molar-refractivity contribution in [3.63, 3.8) is 0 Å². The molecule has 1 atom stereocenters. The first-order valence-corrected chi connectivity index (χ1v) is 8.85. The minimum atomic E-state index is -0.471. The first-order valence-electron chi connectivity index (χ1n) is 8.85. The highest BCUT2D eigenvalue weighted by Crippen LogP contribution is 2.30. The largest absolute Gasteiger partial charge is 0.497 e. The highest BCUT2D eigenvalue weighted by molar-refractivity contribution is 5.97. The molecule has 0 unspecified atom stereocenters. The monoisotopic (exact) mass is 363 g/mol. The molecule has 1 aromatic heterocycles. The van der Waals surface area contributed by atoms with Crippen LogP contribution in [-0.4, -0.2) is 37.7 Å². The summed E-state index contributed by atoms with van der Waals surface area (Å²) in [5.74, 6) is 0.981. The van der Waals surface area contributed by atoms with Gasteiger partial charge in [0.2, 0.25) is 0 Å². The summed E-state index contributed by atoms with van der Waals surface area (Å²) in [6, 6.07) is 15.7. The summed E-state index contributed by atoms with van der Waals surface area (Å²) in [6.07, 6.45) is 1.57. The van der Waals surface area contributed by atoms with Gasteiger partial charge in [0.25, 0.3) is 5.91 Å². The van der Waals surface area contributed by atoms with Gasteiger partial charge in [-0.15, -0.1) is 0 Å². The lowest BCUT2D eigenvalue weighted by Gasteiger charge is -2.34. The molecule has 1 saturated heterocycles. The van der Waals surface area contributed by atoms with Gasteiger partial charge in [-0.25, -0.2) is 4.98 Å². The number of anilines is 1. The first-order chi connectivity index (χ1) is 13.2. The van der Waals surface area contributed by atoms with E-state index < -0.39 is 5.91 Å². The van der Waals surface area contributed by atoms with Crippen LogP contribution >= 0.6 is 0 Å². The van der Waals surface area contributed by atoms with Crippen molar-refractivity contribution in [2.75, 3.05) is 31.7 Å². The van der Waals surface area contributed by atoms with Crippen molar-refractivity contribution in [1.82, 2.24) is 4.98 Å². The van der Waals surface area contributed by atoms with Crippen molar-refractivity contribution in [1.29, 1.82) is 0 Å². The molecule has 2 N–H and O–H groups in total. The third-order valence-electron chi connectivity index (χ3n) is 4.86. The van der Waals surface area contributed by atoms with E-state index in [1.165, 1.54) is 0 Å². The van der Waals surface area contributed by atoms with E-state index in [0.717, 1.165) is 22.1 Å². The number of aromatic nitrogens is 1. The van der Waals surface area contributed by atoms with Gasteiger partial charge >= 0.3 is 0 Å². The van der Waals surface area contributed by atoms with E-state index in [0.29, 0.717) is 31.1 Å². The van der Waals surface area contributed by atoms with Gasteiger partial charge in [-0.3, -0.25) is 4.79 Å². The van der Waals surface area contributed by atoms with Gasteiger partial charge in [-0.2, -0.15) is 0 Å². The number of rotatable bonds is 4. The minimum absolute atomic E-state index is 0.104. The Hall–Kier alpha value is -3.12. The number of nitrogens with two attached hydrogens (primary N) is 1. The molecule has 1 amide bonds. The van der Waals surface area contributed by atoms with E-state index in [1.54, 1.807) is 25.4 Å². The number of carbonyl (C=O) groups is 1. The lowest BCUT2D eigenvalue weighted by molar-refractivity contribution is 0.0395. The highest BCUT2D eigenvalue weighted by Gasteiger charge is 2.25. The molecule has 0 spiro atoms. The SMILES string of the molecule is COc1ccc2cc([C@@H]3CN(c4ncccc4C(N)=O)CCO3)ccc2c1. The Bertz CT molecular complexity index is 989. The van der Waals surface area contributed by atoms with Gasteiger partial charge in [0.15, 0.2) is 0 Å². The van der Waals surface area contributed by atoms with E-state index in [1.807, 2.05) is 18.2 Å². The average molecular weight is 363 g/mol. The predicted molar refractivity (Wildman–Crippen MR) is 104 cm³/mol. The zero-order valence-electron chi connectivity index (χ0n) is 15.1.